The number of furan rings is 1. The van der Waals surface area contributed by atoms with Gasteiger partial charge in [-0.1, -0.05) is 12.1 Å². The molecule has 184 valence electrons. The van der Waals surface area contributed by atoms with Gasteiger partial charge in [0, 0.05) is 5.69 Å². The molecular formula is C24H24F3N5O3. The van der Waals surface area contributed by atoms with Crippen molar-refractivity contribution >= 4 is 23.3 Å². The van der Waals surface area contributed by atoms with Crippen molar-refractivity contribution in [1.82, 2.24) is 9.47 Å². The molecule has 0 fully saturated rings. The van der Waals surface area contributed by atoms with Crippen LogP contribution >= 0.6 is 0 Å². The highest BCUT2D eigenvalue weighted by molar-refractivity contribution is 5.95. The number of halogens is 3. The Balaban J connectivity index is 1.67. The number of hydrogen-bond acceptors (Lipinski definition) is 5. The number of carbonyl (C=O) groups excluding carboxylic acids is 2. The van der Waals surface area contributed by atoms with Gasteiger partial charge in [-0.15, -0.1) is 0 Å². The van der Waals surface area contributed by atoms with Crippen LogP contribution in [-0.4, -0.2) is 41.4 Å². The summed E-state index contributed by atoms with van der Waals surface area (Å²) in [5, 5.41) is 14.6. The van der Waals surface area contributed by atoms with Crippen molar-refractivity contribution in [3.63, 3.8) is 0 Å². The van der Waals surface area contributed by atoms with Crippen molar-refractivity contribution in [1.29, 1.82) is 5.26 Å². The Bertz CT molecular complexity index is 1260. The number of nitrogens with one attached hydrogen (secondary N) is 2. The fraction of sp³-hybridized carbons (Fsp3) is 0.292. The van der Waals surface area contributed by atoms with Crippen molar-refractivity contribution in [2.24, 2.45) is 0 Å². The zero-order valence-electron chi connectivity index (χ0n) is 19.4. The van der Waals surface area contributed by atoms with Gasteiger partial charge >= 0.3 is 6.18 Å². The molecule has 0 aliphatic rings. The van der Waals surface area contributed by atoms with E-state index in [1.807, 2.05) is 6.92 Å². The predicted molar refractivity (Wildman–Crippen MR) is 123 cm³/mol. The quantitative estimate of drug-likeness (QED) is 0.497. The van der Waals surface area contributed by atoms with Gasteiger partial charge in [0.2, 0.25) is 11.8 Å². The van der Waals surface area contributed by atoms with Crippen molar-refractivity contribution < 1.29 is 27.2 Å². The summed E-state index contributed by atoms with van der Waals surface area (Å²) in [6, 6.07) is 10.3. The zero-order valence-corrected chi connectivity index (χ0v) is 19.4. The molecule has 0 atom stereocenters. The Morgan fingerprint density at radius 1 is 1.09 bits per heavy atom. The monoisotopic (exact) mass is 487 g/mol. The lowest BCUT2D eigenvalue weighted by molar-refractivity contribution is -0.137. The first-order chi connectivity index (χ1) is 16.5. The summed E-state index contributed by atoms with van der Waals surface area (Å²) in [4.78, 5) is 26.4. The summed E-state index contributed by atoms with van der Waals surface area (Å²) < 4.78 is 46.6. The third kappa shape index (κ3) is 6.10. The maximum absolute atomic E-state index is 13.1. The SMILES string of the molecule is Cc1c(C#N)c(NC(=O)CN(C)CC(=O)Nc2ccccc2C(F)(F)F)n(Cc2ccco2)c1C. The van der Waals surface area contributed by atoms with Crippen LogP contribution in [0.5, 0.6) is 0 Å². The molecule has 0 saturated carbocycles. The van der Waals surface area contributed by atoms with Crippen LogP contribution in [0, 0.1) is 25.2 Å². The van der Waals surface area contributed by atoms with Crippen LogP contribution in [0.15, 0.2) is 47.1 Å². The molecule has 35 heavy (non-hydrogen) atoms. The van der Waals surface area contributed by atoms with Gasteiger partial charge in [-0.3, -0.25) is 14.5 Å². The smallest absolute Gasteiger partial charge is 0.418 e. The van der Waals surface area contributed by atoms with Crippen LogP contribution < -0.4 is 10.6 Å². The minimum Gasteiger partial charge on any atom is -0.467 e. The molecule has 3 rings (SSSR count). The van der Waals surface area contributed by atoms with Gasteiger partial charge in [-0.2, -0.15) is 18.4 Å². The van der Waals surface area contributed by atoms with Crippen molar-refractivity contribution in [3.8, 4) is 6.07 Å². The first-order valence-corrected chi connectivity index (χ1v) is 10.6. The van der Waals surface area contributed by atoms with Crippen LogP contribution in [-0.2, 0) is 22.3 Å². The van der Waals surface area contributed by atoms with Crippen molar-refractivity contribution in [2.75, 3.05) is 30.8 Å². The standard InChI is InChI=1S/C24H24F3N5O3/c1-15-16(2)32(12-17-7-6-10-35-17)23(18(15)11-28)30-22(34)14-31(3)13-21(33)29-20-9-5-4-8-19(20)24(25,26)27/h4-10H,12-14H2,1-3H3,(H,29,33)(H,30,34). The lowest BCUT2D eigenvalue weighted by Crippen LogP contribution is -2.36. The Morgan fingerprint density at radius 3 is 2.34 bits per heavy atom. The van der Waals surface area contributed by atoms with Gasteiger partial charge in [0.15, 0.2) is 0 Å². The lowest BCUT2D eigenvalue weighted by atomic mass is 10.1. The Kier molecular flexibility index (Phi) is 7.66. The number of hydrogen-bond donors (Lipinski definition) is 2. The minimum absolute atomic E-state index is 0.233. The van der Waals surface area contributed by atoms with Gasteiger partial charge in [0.1, 0.15) is 17.6 Å². The van der Waals surface area contributed by atoms with E-state index in [9.17, 15) is 28.0 Å². The number of amides is 2. The summed E-state index contributed by atoms with van der Waals surface area (Å²) in [5.41, 5.74) is 0.491. The molecule has 2 aromatic heterocycles. The van der Waals surface area contributed by atoms with Gasteiger partial charge in [0.05, 0.1) is 42.7 Å². The van der Waals surface area contributed by atoms with Crippen LogP contribution in [0.3, 0.4) is 0 Å². The molecule has 2 heterocycles. The third-order valence-corrected chi connectivity index (χ3v) is 5.43. The molecule has 2 N–H and O–H groups in total. The topological polar surface area (TPSA) is 103 Å². The molecule has 3 aromatic rings. The zero-order chi connectivity index (χ0) is 25.8. The molecule has 0 spiro atoms. The number of benzene rings is 1. The molecule has 0 unspecified atom stereocenters. The maximum atomic E-state index is 13.1. The second-order valence-corrected chi connectivity index (χ2v) is 8.02. The summed E-state index contributed by atoms with van der Waals surface area (Å²) in [7, 11) is 1.48. The van der Waals surface area contributed by atoms with Gasteiger partial charge in [-0.25, -0.2) is 0 Å². The van der Waals surface area contributed by atoms with Crippen molar-refractivity contribution in [3.05, 3.63) is 70.8 Å². The average Bonchev–Trinajstić information content (AvgIpc) is 3.36. The van der Waals surface area contributed by atoms with Gasteiger partial charge in [-0.05, 0) is 50.7 Å². The number of alkyl halides is 3. The molecule has 2 amide bonds. The van der Waals surface area contributed by atoms with Crippen LogP contribution in [0.1, 0.15) is 28.1 Å². The summed E-state index contributed by atoms with van der Waals surface area (Å²) in [6.07, 6.45) is -3.09. The lowest BCUT2D eigenvalue weighted by Gasteiger charge is -2.18. The van der Waals surface area contributed by atoms with E-state index >= 15 is 0 Å². The van der Waals surface area contributed by atoms with Crippen LogP contribution in [0.2, 0.25) is 0 Å². The molecule has 1 aromatic carbocycles. The first kappa shape index (κ1) is 25.6. The highest BCUT2D eigenvalue weighted by atomic mass is 19.4. The Labute approximate surface area is 199 Å². The van der Waals surface area contributed by atoms with E-state index in [1.165, 1.54) is 30.3 Å². The van der Waals surface area contributed by atoms with E-state index in [0.29, 0.717) is 29.2 Å². The first-order valence-electron chi connectivity index (χ1n) is 10.6. The third-order valence-electron chi connectivity index (χ3n) is 5.43. The molecule has 0 bridgehead atoms. The number of nitriles is 1. The number of para-hydroxylation sites is 1. The number of likely N-dealkylation sites (N-methyl/N-ethyl adjacent to an activating group) is 1. The predicted octanol–water partition coefficient (Wildman–Crippen LogP) is 4.15. The minimum atomic E-state index is -4.62. The molecule has 0 aliphatic carbocycles. The number of carbonyl (C=O) groups is 2. The maximum Gasteiger partial charge on any atom is 0.418 e. The van der Waals surface area contributed by atoms with E-state index in [2.05, 4.69) is 16.7 Å². The summed E-state index contributed by atoms with van der Waals surface area (Å²) in [6.45, 7) is 3.34. The molecule has 11 heteroatoms. The number of nitrogens with zero attached hydrogens (tertiary/aromatic N) is 3. The Hall–Kier alpha value is -4.04. The normalized spacial score (nSPS) is 11.4. The van der Waals surface area contributed by atoms with Crippen molar-refractivity contribution in [2.45, 2.75) is 26.6 Å². The van der Waals surface area contributed by atoms with Gasteiger partial charge in [0.25, 0.3) is 0 Å². The Morgan fingerprint density at radius 2 is 1.74 bits per heavy atom. The van der Waals surface area contributed by atoms with Crippen LogP contribution in [0.4, 0.5) is 24.7 Å². The number of anilines is 2. The molecule has 0 radical (unpaired) electrons. The van der Waals surface area contributed by atoms with E-state index < -0.39 is 23.6 Å². The van der Waals surface area contributed by atoms with E-state index in [1.54, 1.807) is 23.6 Å². The summed E-state index contributed by atoms with van der Waals surface area (Å²) >= 11 is 0. The van der Waals surface area contributed by atoms with E-state index in [-0.39, 0.29) is 18.8 Å². The second kappa shape index (κ2) is 10.5. The molecular weight excluding hydrogens is 463 g/mol. The average molecular weight is 487 g/mol. The highest BCUT2D eigenvalue weighted by Gasteiger charge is 2.33. The van der Waals surface area contributed by atoms with Crippen LogP contribution in [0.25, 0.3) is 0 Å². The fourth-order valence-corrected chi connectivity index (χ4v) is 3.63. The van der Waals surface area contributed by atoms with E-state index in [0.717, 1.165) is 17.8 Å². The number of rotatable bonds is 8. The summed E-state index contributed by atoms with van der Waals surface area (Å²) in [5.74, 6) is -0.259. The van der Waals surface area contributed by atoms with E-state index in [4.69, 9.17) is 4.42 Å². The van der Waals surface area contributed by atoms with Gasteiger partial charge < -0.3 is 19.6 Å². The largest absolute Gasteiger partial charge is 0.467 e. The highest BCUT2D eigenvalue weighted by Crippen LogP contribution is 2.34. The second-order valence-electron chi connectivity index (χ2n) is 8.02. The fourth-order valence-electron chi connectivity index (χ4n) is 3.63. The number of aromatic nitrogens is 1. The molecule has 0 aliphatic heterocycles. The molecule has 0 saturated heterocycles. The molecule has 8 nitrogen and oxygen atoms in total.